The number of aryl methyl sites for hydroxylation is 1. The maximum atomic E-state index is 9.90. The van der Waals surface area contributed by atoms with E-state index in [-0.39, 0.29) is 0 Å². The van der Waals surface area contributed by atoms with Crippen LogP contribution in [-0.4, -0.2) is 18.7 Å². The van der Waals surface area contributed by atoms with Gasteiger partial charge in [0.25, 0.3) is 0 Å². The molecule has 1 unspecified atom stereocenters. The fraction of sp³-hybridized carbons (Fsp3) is 0.429. The summed E-state index contributed by atoms with van der Waals surface area (Å²) < 4.78 is 0. The lowest BCUT2D eigenvalue weighted by Gasteiger charge is -2.28. The Morgan fingerprint density at radius 3 is 3.12 bits per heavy atom. The highest BCUT2D eigenvalue weighted by Crippen LogP contribution is 2.29. The van der Waals surface area contributed by atoms with E-state index in [0.717, 1.165) is 18.5 Å². The lowest BCUT2D eigenvalue weighted by Crippen LogP contribution is -2.24. The summed E-state index contributed by atoms with van der Waals surface area (Å²) in [6.45, 7) is 4.78. The van der Waals surface area contributed by atoms with Gasteiger partial charge in [0.15, 0.2) is 0 Å². The van der Waals surface area contributed by atoms with Crippen LogP contribution in [0.1, 0.15) is 30.1 Å². The number of benzene rings is 1. The predicted octanol–water partition coefficient (Wildman–Crippen LogP) is 2.68. The molecule has 1 aliphatic rings. The van der Waals surface area contributed by atoms with Crippen LogP contribution in [-0.2, 0) is 6.42 Å². The fourth-order valence-corrected chi connectivity index (χ4v) is 2.31. The zero-order chi connectivity index (χ0) is 11.5. The van der Waals surface area contributed by atoms with E-state index in [1.807, 2.05) is 6.07 Å². The first-order chi connectivity index (χ1) is 7.72. The normalized spacial score (nSPS) is 16.8. The summed E-state index contributed by atoms with van der Waals surface area (Å²) in [7, 11) is 2.12. The Morgan fingerprint density at radius 1 is 1.56 bits per heavy atom. The average molecular weight is 217 g/mol. The van der Waals surface area contributed by atoms with Crippen LogP contribution in [0.15, 0.2) is 30.9 Å². The Bertz CT molecular complexity index is 386. The molecule has 1 aliphatic heterocycles. The van der Waals surface area contributed by atoms with Crippen molar-refractivity contribution in [2.45, 2.75) is 25.4 Å². The summed E-state index contributed by atoms with van der Waals surface area (Å²) in [4.78, 5) is 2.28. The van der Waals surface area contributed by atoms with Crippen molar-refractivity contribution >= 4 is 5.69 Å². The summed E-state index contributed by atoms with van der Waals surface area (Å²) in [5, 5.41) is 9.90. The Hall–Kier alpha value is -1.28. The third-order valence-electron chi connectivity index (χ3n) is 3.23. The third-order valence-corrected chi connectivity index (χ3v) is 3.23. The zero-order valence-corrected chi connectivity index (χ0v) is 9.82. The van der Waals surface area contributed by atoms with Crippen molar-refractivity contribution in [3.8, 4) is 0 Å². The second-order valence-corrected chi connectivity index (χ2v) is 4.45. The molecule has 0 aliphatic carbocycles. The van der Waals surface area contributed by atoms with E-state index < -0.39 is 6.10 Å². The SMILES string of the molecule is C=CCC(O)c1ccc2c(c1)CCCN2C. The standard InChI is InChI=1S/C14H19NO/c1-3-5-14(16)12-7-8-13-11(10-12)6-4-9-15(13)2/h3,7-8,10,14,16H,1,4-6,9H2,2H3. The number of fused-ring (bicyclic) bond motifs is 1. The lowest BCUT2D eigenvalue weighted by atomic mass is 9.97. The van der Waals surface area contributed by atoms with Crippen molar-refractivity contribution in [1.29, 1.82) is 0 Å². The largest absolute Gasteiger partial charge is 0.388 e. The Morgan fingerprint density at radius 2 is 2.38 bits per heavy atom. The second-order valence-electron chi connectivity index (χ2n) is 4.45. The van der Waals surface area contributed by atoms with Gasteiger partial charge in [-0.25, -0.2) is 0 Å². The summed E-state index contributed by atoms with van der Waals surface area (Å²) in [5.41, 5.74) is 3.67. The van der Waals surface area contributed by atoms with Crippen molar-refractivity contribution < 1.29 is 5.11 Å². The maximum absolute atomic E-state index is 9.90. The zero-order valence-electron chi connectivity index (χ0n) is 9.82. The van der Waals surface area contributed by atoms with Crippen molar-refractivity contribution in [1.82, 2.24) is 0 Å². The fourth-order valence-electron chi connectivity index (χ4n) is 2.31. The van der Waals surface area contributed by atoms with E-state index in [4.69, 9.17) is 0 Å². The van der Waals surface area contributed by atoms with Crippen LogP contribution in [0.25, 0.3) is 0 Å². The molecule has 0 saturated heterocycles. The topological polar surface area (TPSA) is 23.5 Å². The lowest BCUT2D eigenvalue weighted by molar-refractivity contribution is 0.181. The molecule has 1 heterocycles. The molecule has 86 valence electrons. The maximum Gasteiger partial charge on any atom is 0.0824 e. The van der Waals surface area contributed by atoms with Gasteiger partial charge < -0.3 is 10.0 Å². The van der Waals surface area contributed by atoms with Crippen LogP contribution in [0.2, 0.25) is 0 Å². The molecule has 2 heteroatoms. The van der Waals surface area contributed by atoms with Crippen molar-refractivity contribution in [2.24, 2.45) is 0 Å². The number of rotatable bonds is 3. The second kappa shape index (κ2) is 4.71. The van der Waals surface area contributed by atoms with Crippen LogP contribution in [0.3, 0.4) is 0 Å². The minimum atomic E-state index is -0.407. The molecule has 0 saturated carbocycles. The molecule has 0 spiro atoms. The monoisotopic (exact) mass is 217 g/mol. The molecular weight excluding hydrogens is 198 g/mol. The van der Waals surface area contributed by atoms with E-state index in [1.54, 1.807) is 6.08 Å². The molecule has 0 radical (unpaired) electrons. The molecule has 16 heavy (non-hydrogen) atoms. The minimum absolute atomic E-state index is 0.407. The van der Waals surface area contributed by atoms with Crippen molar-refractivity contribution in [2.75, 3.05) is 18.5 Å². The van der Waals surface area contributed by atoms with Gasteiger partial charge in [0, 0.05) is 19.3 Å². The predicted molar refractivity (Wildman–Crippen MR) is 67.8 cm³/mol. The summed E-state index contributed by atoms with van der Waals surface area (Å²) in [6.07, 6.45) is 4.29. The molecule has 1 N–H and O–H groups in total. The van der Waals surface area contributed by atoms with Gasteiger partial charge in [-0.15, -0.1) is 6.58 Å². The van der Waals surface area contributed by atoms with Crippen LogP contribution in [0.4, 0.5) is 5.69 Å². The van der Waals surface area contributed by atoms with E-state index in [9.17, 15) is 5.11 Å². The smallest absolute Gasteiger partial charge is 0.0824 e. The van der Waals surface area contributed by atoms with Gasteiger partial charge >= 0.3 is 0 Å². The van der Waals surface area contributed by atoms with Crippen molar-refractivity contribution in [3.05, 3.63) is 42.0 Å². The summed E-state index contributed by atoms with van der Waals surface area (Å²) >= 11 is 0. The van der Waals surface area contributed by atoms with Gasteiger partial charge in [-0.05, 0) is 36.5 Å². The molecule has 1 aromatic rings. The van der Waals surface area contributed by atoms with Gasteiger partial charge in [-0.2, -0.15) is 0 Å². The highest BCUT2D eigenvalue weighted by molar-refractivity contribution is 5.56. The molecule has 0 fully saturated rings. The quantitative estimate of drug-likeness (QED) is 0.787. The van der Waals surface area contributed by atoms with Crippen LogP contribution >= 0.6 is 0 Å². The summed E-state index contributed by atoms with van der Waals surface area (Å²) in [5.74, 6) is 0. The Balaban J connectivity index is 2.28. The number of hydrogen-bond acceptors (Lipinski definition) is 2. The van der Waals surface area contributed by atoms with E-state index >= 15 is 0 Å². The molecule has 0 bridgehead atoms. The van der Waals surface area contributed by atoms with Gasteiger partial charge in [0.1, 0.15) is 0 Å². The van der Waals surface area contributed by atoms with Gasteiger partial charge in [0.05, 0.1) is 6.10 Å². The van der Waals surface area contributed by atoms with Crippen molar-refractivity contribution in [3.63, 3.8) is 0 Å². The molecule has 0 aromatic heterocycles. The average Bonchev–Trinajstić information content (AvgIpc) is 2.29. The minimum Gasteiger partial charge on any atom is -0.388 e. The van der Waals surface area contributed by atoms with Gasteiger partial charge in [-0.1, -0.05) is 18.2 Å². The first kappa shape index (κ1) is 11.2. The third kappa shape index (κ3) is 2.12. The van der Waals surface area contributed by atoms with Crippen LogP contribution in [0.5, 0.6) is 0 Å². The molecule has 1 atom stereocenters. The Kier molecular flexibility index (Phi) is 3.30. The molecule has 2 rings (SSSR count). The number of aliphatic hydroxyl groups excluding tert-OH is 1. The number of anilines is 1. The van der Waals surface area contributed by atoms with Gasteiger partial charge in [-0.3, -0.25) is 0 Å². The van der Waals surface area contributed by atoms with E-state index in [2.05, 4.69) is 30.7 Å². The van der Waals surface area contributed by atoms with Gasteiger partial charge in [0.2, 0.25) is 0 Å². The number of hydrogen-bond donors (Lipinski definition) is 1. The first-order valence-corrected chi connectivity index (χ1v) is 5.85. The van der Waals surface area contributed by atoms with Crippen LogP contribution < -0.4 is 4.90 Å². The highest BCUT2D eigenvalue weighted by Gasteiger charge is 2.15. The number of aliphatic hydroxyl groups is 1. The van der Waals surface area contributed by atoms with Crippen LogP contribution in [0, 0.1) is 0 Å². The molecule has 2 nitrogen and oxygen atoms in total. The first-order valence-electron chi connectivity index (χ1n) is 5.85. The summed E-state index contributed by atoms with van der Waals surface area (Å²) in [6, 6.07) is 6.28. The van der Waals surface area contributed by atoms with E-state index in [0.29, 0.717) is 6.42 Å². The molecular formula is C14H19NO. The molecule has 1 aromatic carbocycles. The number of nitrogens with zero attached hydrogens (tertiary/aromatic N) is 1. The van der Waals surface area contributed by atoms with E-state index in [1.165, 1.54) is 17.7 Å². The highest BCUT2D eigenvalue weighted by atomic mass is 16.3. The molecule has 0 amide bonds. The Labute approximate surface area is 97.2 Å².